The van der Waals surface area contributed by atoms with Crippen LogP contribution >= 0.6 is 0 Å². The normalized spacial score (nSPS) is 24.4. The minimum atomic E-state index is -2.78. The molecule has 0 spiro atoms. The molecule has 1 saturated heterocycles. The molecule has 1 fully saturated rings. The van der Waals surface area contributed by atoms with E-state index in [1.165, 1.54) is 0 Å². The van der Waals surface area contributed by atoms with Gasteiger partial charge in [-0.2, -0.15) is 0 Å². The predicted octanol–water partition coefficient (Wildman–Crippen LogP) is -0.945. The van der Waals surface area contributed by atoms with E-state index >= 15 is 0 Å². The van der Waals surface area contributed by atoms with E-state index in [-0.39, 0.29) is 11.8 Å². The molecule has 6 nitrogen and oxygen atoms in total. The lowest BCUT2D eigenvalue weighted by atomic mass is 10.3. The van der Waals surface area contributed by atoms with Gasteiger partial charge in [0.15, 0.2) is 9.84 Å². The predicted molar refractivity (Wildman–Crippen MR) is 55.1 cm³/mol. The van der Waals surface area contributed by atoms with Crippen molar-refractivity contribution in [1.82, 2.24) is 20.3 Å². The van der Waals surface area contributed by atoms with Crippen LogP contribution in [0.2, 0.25) is 0 Å². The summed E-state index contributed by atoms with van der Waals surface area (Å²) in [6, 6.07) is 0.110. The van der Waals surface area contributed by atoms with Crippen LogP contribution < -0.4 is 5.32 Å². The molecular formula is C8H14N4O2S. The van der Waals surface area contributed by atoms with Gasteiger partial charge in [-0.1, -0.05) is 5.21 Å². The molecule has 1 unspecified atom stereocenters. The van der Waals surface area contributed by atoms with Crippen molar-refractivity contribution >= 4 is 9.84 Å². The van der Waals surface area contributed by atoms with Gasteiger partial charge in [0.05, 0.1) is 24.2 Å². The lowest BCUT2D eigenvalue weighted by Crippen LogP contribution is -2.32. The van der Waals surface area contributed by atoms with Gasteiger partial charge in [0.25, 0.3) is 0 Å². The first-order valence-electron chi connectivity index (χ1n) is 4.94. The van der Waals surface area contributed by atoms with Crippen LogP contribution in [-0.2, 0) is 16.4 Å². The highest BCUT2D eigenvalue weighted by Gasteiger charge is 2.26. The van der Waals surface area contributed by atoms with Crippen molar-refractivity contribution in [1.29, 1.82) is 0 Å². The molecule has 2 rings (SSSR count). The van der Waals surface area contributed by atoms with Crippen LogP contribution in [0.4, 0.5) is 0 Å². The van der Waals surface area contributed by atoms with Crippen molar-refractivity contribution in [3.05, 3.63) is 12.4 Å². The molecule has 1 aromatic heterocycles. The first-order chi connectivity index (χ1) is 7.16. The van der Waals surface area contributed by atoms with Crippen molar-refractivity contribution in [2.24, 2.45) is 0 Å². The Balaban J connectivity index is 1.71. The molecule has 7 heteroatoms. The lowest BCUT2D eigenvalue weighted by molar-refractivity contribution is 0.492. The van der Waals surface area contributed by atoms with Crippen LogP contribution in [0, 0.1) is 0 Å². The van der Waals surface area contributed by atoms with E-state index in [2.05, 4.69) is 15.6 Å². The van der Waals surface area contributed by atoms with Gasteiger partial charge in [-0.3, -0.25) is 4.68 Å². The summed E-state index contributed by atoms with van der Waals surface area (Å²) in [4.78, 5) is 0. The highest BCUT2D eigenvalue weighted by Crippen LogP contribution is 2.10. The minimum Gasteiger partial charge on any atom is -0.311 e. The number of aromatic nitrogens is 3. The molecule has 0 aromatic carbocycles. The SMILES string of the molecule is O=S1(=O)CCC(NCCn2ccnn2)C1. The van der Waals surface area contributed by atoms with E-state index in [1.807, 2.05) is 0 Å². The monoisotopic (exact) mass is 230 g/mol. The lowest BCUT2D eigenvalue weighted by Gasteiger charge is -2.09. The number of sulfone groups is 1. The van der Waals surface area contributed by atoms with E-state index in [1.54, 1.807) is 17.1 Å². The summed E-state index contributed by atoms with van der Waals surface area (Å²) in [5.41, 5.74) is 0. The van der Waals surface area contributed by atoms with Crippen LogP contribution in [0.25, 0.3) is 0 Å². The van der Waals surface area contributed by atoms with E-state index in [0.717, 1.165) is 19.5 Å². The molecule has 0 bridgehead atoms. The van der Waals surface area contributed by atoms with Gasteiger partial charge in [-0.25, -0.2) is 8.42 Å². The average molecular weight is 230 g/mol. The zero-order valence-electron chi connectivity index (χ0n) is 8.33. The Kier molecular flexibility index (Phi) is 3.01. The summed E-state index contributed by atoms with van der Waals surface area (Å²) in [5, 5.41) is 10.7. The molecule has 1 atom stereocenters. The van der Waals surface area contributed by atoms with Crippen LogP contribution in [0.15, 0.2) is 12.4 Å². The summed E-state index contributed by atoms with van der Waals surface area (Å²) in [5.74, 6) is 0.582. The van der Waals surface area contributed by atoms with Crippen molar-refractivity contribution < 1.29 is 8.42 Å². The van der Waals surface area contributed by atoms with Crippen molar-refractivity contribution in [3.8, 4) is 0 Å². The second-order valence-electron chi connectivity index (χ2n) is 3.72. The van der Waals surface area contributed by atoms with Gasteiger partial charge in [-0.05, 0) is 6.42 Å². The number of nitrogens with zero attached hydrogens (tertiary/aromatic N) is 3. The largest absolute Gasteiger partial charge is 0.311 e. The summed E-state index contributed by atoms with van der Waals surface area (Å²) in [7, 11) is -2.78. The molecule has 2 heterocycles. The van der Waals surface area contributed by atoms with E-state index in [0.29, 0.717) is 5.75 Å². The third kappa shape index (κ3) is 3.00. The fourth-order valence-electron chi connectivity index (χ4n) is 1.69. The van der Waals surface area contributed by atoms with Crippen LogP contribution in [0.5, 0.6) is 0 Å². The molecule has 0 radical (unpaired) electrons. The third-order valence-electron chi connectivity index (χ3n) is 2.48. The van der Waals surface area contributed by atoms with Gasteiger partial charge >= 0.3 is 0 Å². The smallest absolute Gasteiger partial charge is 0.151 e. The van der Waals surface area contributed by atoms with Crippen molar-refractivity contribution in [3.63, 3.8) is 0 Å². The Morgan fingerprint density at radius 3 is 3.00 bits per heavy atom. The molecule has 15 heavy (non-hydrogen) atoms. The summed E-state index contributed by atoms with van der Waals surface area (Å²) in [6.45, 7) is 1.44. The first-order valence-corrected chi connectivity index (χ1v) is 6.76. The summed E-state index contributed by atoms with van der Waals surface area (Å²) >= 11 is 0. The fourth-order valence-corrected chi connectivity index (χ4v) is 3.40. The third-order valence-corrected chi connectivity index (χ3v) is 4.25. The second kappa shape index (κ2) is 4.28. The number of hydrogen-bond donors (Lipinski definition) is 1. The molecule has 0 aliphatic carbocycles. The average Bonchev–Trinajstić information content (AvgIpc) is 2.76. The molecule has 0 amide bonds. The first kappa shape index (κ1) is 10.6. The minimum absolute atomic E-state index is 0.110. The molecule has 1 aliphatic rings. The summed E-state index contributed by atoms with van der Waals surface area (Å²) < 4.78 is 24.0. The summed E-state index contributed by atoms with van der Waals surface area (Å²) in [6.07, 6.45) is 4.13. The Bertz CT molecular complexity index is 400. The van der Waals surface area contributed by atoms with Crippen molar-refractivity contribution in [2.45, 2.75) is 19.0 Å². The highest BCUT2D eigenvalue weighted by molar-refractivity contribution is 7.91. The number of hydrogen-bond acceptors (Lipinski definition) is 5. The molecule has 1 N–H and O–H groups in total. The van der Waals surface area contributed by atoms with Gasteiger partial charge in [-0.15, -0.1) is 5.10 Å². The van der Waals surface area contributed by atoms with Gasteiger partial charge in [0.1, 0.15) is 0 Å². The van der Waals surface area contributed by atoms with Gasteiger partial charge < -0.3 is 5.32 Å². The van der Waals surface area contributed by atoms with E-state index < -0.39 is 9.84 Å². The van der Waals surface area contributed by atoms with E-state index in [4.69, 9.17) is 0 Å². The topological polar surface area (TPSA) is 76.9 Å². The van der Waals surface area contributed by atoms with Crippen LogP contribution in [0.1, 0.15) is 6.42 Å². The fraction of sp³-hybridized carbons (Fsp3) is 0.750. The molecular weight excluding hydrogens is 216 g/mol. The molecule has 1 aromatic rings. The quantitative estimate of drug-likeness (QED) is 0.722. The standard InChI is InChI=1S/C8H14N4O2S/c13-15(14)6-1-8(7-15)9-2-4-12-5-3-10-11-12/h3,5,8-9H,1-2,4,6-7H2. The zero-order valence-corrected chi connectivity index (χ0v) is 9.15. The van der Waals surface area contributed by atoms with Gasteiger partial charge in [0, 0.05) is 18.8 Å². The Morgan fingerprint density at radius 1 is 1.53 bits per heavy atom. The molecule has 84 valence electrons. The second-order valence-corrected chi connectivity index (χ2v) is 5.95. The zero-order chi connectivity index (χ0) is 10.7. The maximum absolute atomic E-state index is 11.2. The molecule has 1 aliphatic heterocycles. The van der Waals surface area contributed by atoms with Gasteiger partial charge in [0.2, 0.25) is 0 Å². The number of nitrogens with one attached hydrogen (secondary N) is 1. The molecule has 0 saturated carbocycles. The van der Waals surface area contributed by atoms with Crippen LogP contribution in [0.3, 0.4) is 0 Å². The Morgan fingerprint density at radius 2 is 2.40 bits per heavy atom. The maximum Gasteiger partial charge on any atom is 0.151 e. The van der Waals surface area contributed by atoms with E-state index in [9.17, 15) is 8.42 Å². The highest BCUT2D eigenvalue weighted by atomic mass is 32.2. The maximum atomic E-state index is 11.2. The Hall–Kier alpha value is -0.950. The van der Waals surface area contributed by atoms with Crippen LogP contribution in [-0.4, -0.2) is 47.5 Å². The van der Waals surface area contributed by atoms with Crippen molar-refractivity contribution in [2.75, 3.05) is 18.1 Å². The Labute approximate surface area is 88.6 Å². The number of rotatable bonds is 4.